The van der Waals surface area contributed by atoms with Crippen molar-refractivity contribution < 1.29 is 14.3 Å². The zero-order chi connectivity index (χ0) is 13.0. The first-order chi connectivity index (χ1) is 7.93. The molecule has 0 bridgehead atoms. The van der Waals surface area contributed by atoms with Crippen molar-refractivity contribution >= 4 is 5.97 Å². The molecule has 1 aromatic carbocycles. The summed E-state index contributed by atoms with van der Waals surface area (Å²) in [5.41, 5.74) is 3.48. The van der Waals surface area contributed by atoms with E-state index in [1.807, 2.05) is 26.8 Å². The maximum atomic E-state index is 11.1. The number of esters is 1. The van der Waals surface area contributed by atoms with Crippen molar-refractivity contribution in [2.45, 2.75) is 40.2 Å². The lowest BCUT2D eigenvalue weighted by atomic mass is 10.1. The third kappa shape index (κ3) is 3.77. The highest BCUT2D eigenvalue weighted by Gasteiger charge is 2.12. The number of ether oxygens (including phenoxy) is 2. The van der Waals surface area contributed by atoms with E-state index in [-0.39, 0.29) is 18.5 Å². The molecule has 0 saturated carbocycles. The Hall–Kier alpha value is -1.51. The molecule has 1 aromatic rings. The van der Waals surface area contributed by atoms with E-state index >= 15 is 0 Å². The van der Waals surface area contributed by atoms with Gasteiger partial charge in [-0.2, -0.15) is 0 Å². The number of benzene rings is 1. The van der Waals surface area contributed by atoms with Crippen molar-refractivity contribution in [2.24, 2.45) is 0 Å². The standard InChI is InChI=1S/C14H20O3/c1-9-6-10(2)12(4)13(7-9)17-11(3)8-14(15)16-5/h6-7,11H,8H2,1-5H3. The third-order valence-electron chi connectivity index (χ3n) is 2.77. The number of carbonyl (C=O) groups excluding carboxylic acids is 1. The second-order valence-corrected chi connectivity index (χ2v) is 4.41. The summed E-state index contributed by atoms with van der Waals surface area (Å²) in [5.74, 6) is 0.596. The lowest BCUT2D eigenvalue weighted by molar-refractivity contribution is -0.142. The predicted molar refractivity (Wildman–Crippen MR) is 67.4 cm³/mol. The minimum atomic E-state index is -0.250. The molecule has 0 saturated heterocycles. The fourth-order valence-electron chi connectivity index (χ4n) is 1.70. The third-order valence-corrected chi connectivity index (χ3v) is 2.77. The fourth-order valence-corrected chi connectivity index (χ4v) is 1.70. The van der Waals surface area contributed by atoms with Gasteiger partial charge >= 0.3 is 5.97 Å². The van der Waals surface area contributed by atoms with Gasteiger partial charge in [0.25, 0.3) is 0 Å². The van der Waals surface area contributed by atoms with Gasteiger partial charge in [-0.1, -0.05) is 6.07 Å². The van der Waals surface area contributed by atoms with Crippen LogP contribution < -0.4 is 4.74 Å². The Bertz CT molecular complexity index is 410. The number of hydrogen-bond donors (Lipinski definition) is 0. The fraction of sp³-hybridized carbons (Fsp3) is 0.500. The van der Waals surface area contributed by atoms with Gasteiger partial charge in [-0.25, -0.2) is 0 Å². The largest absolute Gasteiger partial charge is 0.490 e. The average molecular weight is 236 g/mol. The molecule has 0 aliphatic heterocycles. The van der Waals surface area contributed by atoms with Gasteiger partial charge in [0.15, 0.2) is 0 Å². The van der Waals surface area contributed by atoms with Crippen LogP contribution in [-0.2, 0) is 9.53 Å². The molecular weight excluding hydrogens is 216 g/mol. The van der Waals surface area contributed by atoms with Gasteiger partial charge in [0.1, 0.15) is 11.9 Å². The monoisotopic (exact) mass is 236 g/mol. The van der Waals surface area contributed by atoms with Gasteiger partial charge in [0.05, 0.1) is 13.5 Å². The van der Waals surface area contributed by atoms with E-state index in [0.29, 0.717) is 0 Å². The van der Waals surface area contributed by atoms with Crippen molar-refractivity contribution in [1.82, 2.24) is 0 Å². The molecule has 94 valence electrons. The van der Waals surface area contributed by atoms with E-state index in [1.54, 1.807) is 0 Å². The SMILES string of the molecule is COC(=O)CC(C)Oc1cc(C)cc(C)c1C. The van der Waals surface area contributed by atoms with E-state index in [4.69, 9.17) is 4.74 Å². The Kier molecular flexibility index (Phi) is 4.55. The molecule has 0 heterocycles. The summed E-state index contributed by atoms with van der Waals surface area (Å²) >= 11 is 0. The van der Waals surface area contributed by atoms with Gasteiger partial charge in [-0.3, -0.25) is 4.79 Å². The van der Waals surface area contributed by atoms with Crippen LogP contribution in [0.25, 0.3) is 0 Å². The second-order valence-electron chi connectivity index (χ2n) is 4.41. The van der Waals surface area contributed by atoms with Gasteiger partial charge in [-0.15, -0.1) is 0 Å². The van der Waals surface area contributed by atoms with Crippen molar-refractivity contribution in [2.75, 3.05) is 7.11 Å². The van der Waals surface area contributed by atoms with E-state index in [2.05, 4.69) is 17.7 Å². The summed E-state index contributed by atoms with van der Waals surface area (Å²) in [6, 6.07) is 4.11. The number of methoxy groups -OCH3 is 1. The highest BCUT2D eigenvalue weighted by Crippen LogP contribution is 2.24. The van der Waals surface area contributed by atoms with Gasteiger partial charge in [0, 0.05) is 0 Å². The minimum Gasteiger partial charge on any atom is -0.490 e. The Morgan fingerprint density at radius 2 is 1.94 bits per heavy atom. The Balaban J connectivity index is 2.77. The topological polar surface area (TPSA) is 35.5 Å². The predicted octanol–water partition coefficient (Wildman–Crippen LogP) is 2.94. The van der Waals surface area contributed by atoms with Gasteiger partial charge in [-0.05, 0) is 50.5 Å². The zero-order valence-corrected chi connectivity index (χ0v) is 11.2. The molecule has 3 heteroatoms. The highest BCUT2D eigenvalue weighted by atomic mass is 16.5. The number of rotatable bonds is 4. The Labute approximate surface area is 103 Å². The van der Waals surface area contributed by atoms with Crippen LogP contribution in [0.15, 0.2) is 12.1 Å². The summed E-state index contributed by atoms with van der Waals surface area (Å²) in [6.07, 6.45) is 0.0884. The maximum absolute atomic E-state index is 11.1. The summed E-state index contributed by atoms with van der Waals surface area (Å²) in [5, 5.41) is 0. The lowest BCUT2D eigenvalue weighted by Gasteiger charge is -2.17. The van der Waals surface area contributed by atoms with Crippen LogP contribution in [0, 0.1) is 20.8 Å². The Morgan fingerprint density at radius 1 is 1.29 bits per heavy atom. The number of carbonyl (C=O) groups is 1. The van der Waals surface area contributed by atoms with Crippen molar-refractivity contribution in [3.63, 3.8) is 0 Å². The van der Waals surface area contributed by atoms with Crippen LogP contribution in [-0.4, -0.2) is 19.2 Å². The molecule has 17 heavy (non-hydrogen) atoms. The number of hydrogen-bond acceptors (Lipinski definition) is 3. The molecule has 0 radical (unpaired) electrons. The molecule has 0 aromatic heterocycles. The molecule has 0 amide bonds. The summed E-state index contributed by atoms with van der Waals surface area (Å²) in [4.78, 5) is 11.1. The first-order valence-corrected chi connectivity index (χ1v) is 5.75. The van der Waals surface area contributed by atoms with Crippen LogP contribution >= 0.6 is 0 Å². The lowest BCUT2D eigenvalue weighted by Crippen LogP contribution is -2.18. The van der Waals surface area contributed by atoms with Crippen molar-refractivity contribution in [1.29, 1.82) is 0 Å². The molecule has 0 aliphatic carbocycles. The smallest absolute Gasteiger partial charge is 0.309 e. The van der Waals surface area contributed by atoms with Crippen molar-refractivity contribution in [3.05, 3.63) is 28.8 Å². The Morgan fingerprint density at radius 3 is 2.53 bits per heavy atom. The first-order valence-electron chi connectivity index (χ1n) is 5.75. The van der Waals surface area contributed by atoms with E-state index in [9.17, 15) is 4.79 Å². The van der Waals surface area contributed by atoms with E-state index in [0.717, 1.165) is 16.9 Å². The van der Waals surface area contributed by atoms with E-state index in [1.165, 1.54) is 12.7 Å². The quantitative estimate of drug-likeness (QED) is 0.754. The van der Waals surface area contributed by atoms with Crippen LogP contribution in [0.2, 0.25) is 0 Å². The molecule has 1 unspecified atom stereocenters. The van der Waals surface area contributed by atoms with Crippen LogP contribution in [0.3, 0.4) is 0 Å². The number of aryl methyl sites for hydroxylation is 2. The summed E-state index contributed by atoms with van der Waals surface area (Å²) < 4.78 is 10.4. The van der Waals surface area contributed by atoms with E-state index < -0.39 is 0 Å². The molecule has 1 atom stereocenters. The molecule has 0 N–H and O–H groups in total. The highest BCUT2D eigenvalue weighted by molar-refractivity contribution is 5.69. The second kappa shape index (κ2) is 5.71. The molecule has 3 nitrogen and oxygen atoms in total. The van der Waals surface area contributed by atoms with Gasteiger partial charge in [0.2, 0.25) is 0 Å². The van der Waals surface area contributed by atoms with Gasteiger partial charge < -0.3 is 9.47 Å². The zero-order valence-electron chi connectivity index (χ0n) is 11.2. The first kappa shape index (κ1) is 13.6. The minimum absolute atomic E-state index is 0.178. The average Bonchev–Trinajstić information content (AvgIpc) is 2.24. The summed E-state index contributed by atoms with van der Waals surface area (Å²) in [7, 11) is 1.39. The molecular formula is C14H20O3. The normalized spacial score (nSPS) is 12.1. The van der Waals surface area contributed by atoms with Crippen molar-refractivity contribution in [3.8, 4) is 5.75 Å². The molecule has 0 aliphatic rings. The molecule has 0 fully saturated rings. The molecule has 1 rings (SSSR count). The van der Waals surface area contributed by atoms with Crippen LogP contribution in [0.1, 0.15) is 30.0 Å². The molecule has 0 spiro atoms. The van der Waals surface area contributed by atoms with Crippen LogP contribution in [0.4, 0.5) is 0 Å². The van der Waals surface area contributed by atoms with Crippen LogP contribution in [0.5, 0.6) is 5.75 Å². The maximum Gasteiger partial charge on any atom is 0.309 e. The summed E-state index contributed by atoms with van der Waals surface area (Å²) in [6.45, 7) is 7.98.